The largest absolute Gasteiger partial charge is 0.474 e. The third kappa shape index (κ3) is 4.32. The highest BCUT2D eigenvalue weighted by Crippen LogP contribution is 2.30. The van der Waals surface area contributed by atoms with E-state index >= 15 is 0 Å². The number of ketones is 1. The highest BCUT2D eigenvalue weighted by molar-refractivity contribution is 6.04. The lowest BCUT2D eigenvalue weighted by molar-refractivity contribution is -0.137. The first-order chi connectivity index (χ1) is 11.7. The molecular weight excluding hydrogens is 335 g/mol. The summed E-state index contributed by atoms with van der Waals surface area (Å²) >= 11 is 0. The fourth-order valence-electron chi connectivity index (χ4n) is 2.05. The summed E-state index contributed by atoms with van der Waals surface area (Å²) in [7, 11) is 0. The van der Waals surface area contributed by atoms with Crippen LogP contribution in [-0.2, 0) is 6.18 Å². The van der Waals surface area contributed by atoms with Crippen molar-refractivity contribution < 1.29 is 22.7 Å². The molecular formula is C17H14F3N3O2. The average Bonchev–Trinajstić information content (AvgIpc) is 2.55. The number of hydrogen-bond donors (Lipinski definition) is 0. The molecule has 25 heavy (non-hydrogen) atoms. The van der Waals surface area contributed by atoms with E-state index in [-0.39, 0.29) is 23.2 Å². The molecule has 2 heterocycles. The van der Waals surface area contributed by atoms with Crippen LogP contribution >= 0.6 is 0 Å². The second-order valence-electron chi connectivity index (χ2n) is 5.42. The van der Waals surface area contributed by atoms with Crippen molar-refractivity contribution >= 4 is 5.78 Å². The second-order valence-corrected chi connectivity index (χ2v) is 5.42. The topological polar surface area (TPSA) is 75.9 Å². The third-order valence-corrected chi connectivity index (χ3v) is 3.18. The van der Waals surface area contributed by atoms with E-state index in [2.05, 4.69) is 9.97 Å². The lowest BCUT2D eigenvalue weighted by Crippen LogP contribution is -2.17. The normalized spacial score (nSPS) is 12.5. The van der Waals surface area contributed by atoms with Crippen molar-refractivity contribution in [3.63, 3.8) is 0 Å². The Morgan fingerprint density at radius 1 is 1.24 bits per heavy atom. The summed E-state index contributed by atoms with van der Waals surface area (Å²) in [4.78, 5) is 20.3. The molecule has 2 rings (SSSR count). The van der Waals surface area contributed by atoms with Crippen molar-refractivity contribution in [2.24, 2.45) is 0 Å². The van der Waals surface area contributed by atoms with Crippen LogP contribution in [0.3, 0.4) is 0 Å². The highest BCUT2D eigenvalue weighted by Gasteiger charge is 2.32. The number of pyridine rings is 2. The minimum absolute atomic E-state index is 0.0645. The monoisotopic (exact) mass is 349 g/mol. The molecule has 2 aromatic heterocycles. The highest BCUT2D eigenvalue weighted by atomic mass is 19.4. The van der Waals surface area contributed by atoms with Gasteiger partial charge in [-0.25, -0.2) is 4.98 Å². The first-order valence-corrected chi connectivity index (χ1v) is 7.32. The number of carbonyl (C=O) groups excluding carboxylic acids is 1. The molecule has 1 atom stereocenters. The molecule has 0 aromatic carbocycles. The zero-order valence-electron chi connectivity index (χ0n) is 13.4. The lowest BCUT2D eigenvalue weighted by atomic mass is 9.95. The third-order valence-electron chi connectivity index (χ3n) is 3.18. The average molecular weight is 349 g/mol. The number of hydrogen-bond acceptors (Lipinski definition) is 5. The molecule has 0 fully saturated rings. The van der Waals surface area contributed by atoms with Crippen molar-refractivity contribution in [1.29, 1.82) is 5.26 Å². The number of nitriles is 1. The molecule has 5 nitrogen and oxygen atoms in total. The summed E-state index contributed by atoms with van der Waals surface area (Å²) < 4.78 is 43.3. The van der Waals surface area contributed by atoms with Gasteiger partial charge in [-0.3, -0.25) is 9.78 Å². The Morgan fingerprint density at radius 3 is 2.48 bits per heavy atom. The predicted molar refractivity (Wildman–Crippen MR) is 81.9 cm³/mol. The van der Waals surface area contributed by atoms with Crippen molar-refractivity contribution in [3.8, 4) is 11.9 Å². The molecule has 0 saturated heterocycles. The van der Waals surface area contributed by atoms with E-state index in [0.29, 0.717) is 6.20 Å². The Balaban J connectivity index is 2.36. The molecule has 8 heteroatoms. The van der Waals surface area contributed by atoms with Gasteiger partial charge in [-0.15, -0.1) is 0 Å². The molecule has 0 N–H and O–H groups in total. The summed E-state index contributed by atoms with van der Waals surface area (Å²) in [6, 6.07) is 6.54. The van der Waals surface area contributed by atoms with E-state index < -0.39 is 23.4 Å². The molecule has 0 aliphatic rings. The van der Waals surface area contributed by atoms with Gasteiger partial charge in [0.15, 0.2) is 11.7 Å². The molecule has 130 valence electrons. The van der Waals surface area contributed by atoms with Crippen LogP contribution in [0.15, 0.2) is 36.7 Å². The molecule has 0 spiro atoms. The molecule has 0 radical (unpaired) electrons. The lowest BCUT2D eigenvalue weighted by Gasteiger charge is -2.14. The maximum atomic E-state index is 12.7. The maximum absolute atomic E-state index is 12.7. The van der Waals surface area contributed by atoms with Crippen LogP contribution in [0.2, 0.25) is 0 Å². The molecule has 0 bridgehead atoms. The second kappa shape index (κ2) is 7.30. The first kappa shape index (κ1) is 18.4. The van der Waals surface area contributed by atoms with Crippen molar-refractivity contribution in [2.45, 2.75) is 32.0 Å². The van der Waals surface area contributed by atoms with Gasteiger partial charge in [0.2, 0.25) is 5.88 Å². The van der Waals surface area contributed by atoms with Gasteiger partial charge in [0.1, 0.15) is 0 Å². The zero-order chi connectivity index (χ0) is 18.6. The van der Waals surface area contributed by atoms with Gasteiger partial charge in [0.25, 0.3) is 0 Å². The van der Waals surface area contributed by atoms with Gasteiger partial charge < -0.3 is 4.74 Å². The molecule has 0 unspecified atom stereocenters. The van der Waals surface area contributed by atoms with Crippen molar-refractivity contribution in [1.82, 2.24) is 9.97 Å². The van der Waals surface area contributed by atoms with Crippen molar-refractivity contribution in [3.05, 3.63) is 53.5 Å². The Labute approximate surface area is 142 Å². The standard InChI is InChI=1S/C17H14F3N3O2/c1-10(2)25-16-12(4-3-7-22-16)15(24)13(8-21)14-6-5-11(9-23-14)17(18,19)20/h3-7,9-10,13H,1-2H3/t13-/m1/s1. The minimum atomic E-state index is -4.54. The zero-order valence-corrected chi connectivity index (χ0v) is 13.4. The SMILES string of the molecule is CC(C)Oc1ncccc1C(=O)[C@H](C#N)c1ccc(C(F)(F)F)cn1. The van der Waals surface area contributed by atoms with Crippen LogP contribution in [-0.4, -0.2) is 21.9 Å². The van der Waals surface area contributed by atoms with E-state index in [1.165, 1.54) is 18.3 Å². The van der Waals surface area contributed by atoms with Crippen LogP contribution in [0.4, 0.5) is 13.2 Å². The maximum Gasteiger partial charge on any atom is 0.417 e. The van der Waals surface area contributed by atoms with E-state index in [4.69, 9.17) is 4.74 Å². The molecule has 0 saturated carbocycles. The molecule has 2 aromatic rings. The van der Waals surface area contributed by atoms with Gasteiger partial charge >= 0.3 is 6.18 Å². The Bertz CT molecular complexity index is 796. The minimum Gasteiger partial charge on any atom is -0.474 e. The summed E-state index contributed by atoms with van der Waals surface area (Å²) in [5.41, 5.74) is -0.949. The molecule has 0 amide bonds. The van der Waals surface area contributed by atoms with Crippen LogP contribution in [0, 0.1) is 11.3 Å². The predicted octanol–water partition coefficient (Wildman–Crippen LogP) is 3.77. The number of halogens is 3. The van der Waals surface area contributed by atoms with Gasteiger partial charge in [-0.05, 0) is 38.1 Å². The smallest absolute Gasteiger partial charge is 0.417 e. The summed E-state index contributed by atoms with van der Waals surface area (Å²) in [5.74, 6) is -1.94. The Hall–Kier alpha value is -2.95. The van der Waals surface area contributed by atoms with Gasteiger partial charge in [0, 0.05) is 12.4 Å². The van der Waals surface area contributed by atoms with E-state index in [0.717, 1.165) is 12.1 Å². The van der Waals surface area contributed by atoms with Gasteiger partial charge in [-0.1, -0.05) is 0 Å². The molecule has 0 aliphatic heterocycles. The number of ether oxygens (including phenoxy) is 1. The number of Topliss-reactive ketones (excluding diaryl/α,β-unsaturated/α-hetero) is 1. The quantitative estimate of drug-likeness (QED) is 0.768. The Morgan fingerprint density at radius 2 is 1.96 bits per heavy atom. The van der Waals surface area contributed by atoms with Crippen LogP contribution in [0.25, 0.3) is 0 Å². The van der Waals surface area contributed by atoms with E-state index in [9.17, 15) is 23.2 Å². The van der Waals surface area contributed by atoms with Crippen LogP contribution in [0.5, 0.6) is 5.88 Å². The van der Waals surface area contributed by atoms with Gasteiger partial charge in [-0.2, -0.15) is 18.4 Å². The fourth-order valence-corrected chi connectivity index (χ4v) is 2.05. The molecule has 0 aliphatic carbocycles. The van der Waals surface area contributed by atoms with E-state index in [1.807, 2.05) is 0 Å². The van der Waals surface area contributed by atoms with E-state index in [1.54, 1.807) is 19.9 Å². The van der Waals surface area contributed by atoms with Gasteiger partial charge in [0.05, 0.1) is 29.0 Å². The summed E-state index contributed by atoms with van der Waals surface area (Å²) in [6.45, 7) is 3.50. The number of rotatable bonds is 5. The van der Waals surface area contributed by atoms with Crippen LogP contribution in [0.1, 0.15) is 41.4 Å². The van der Waals surface area contributed by atoms with Crippen LogP contribution < -0.4 is 4.74 Å². The number of alkyl halides is 3. The van der Waals surface area contributed by atoms with Crippen molar-refractivity contribution in [2.75, 3.05) is 0 Å². The Kier molecular flexibility index (Phi) is 5.37. The summed E-state index contributed by atoms with van der Waals surface area (Å²) in [6.07, 6.45) is -2.75. The summed E-state index contributed by atoms with van der Waals surface area (Å²) in [5, 5.41) is 9.32. The number of aromatic nitrogens is 2. The number of carbonyl (C=O) groups is 1. The number of nitrogens with zero attached hydrogens (tertiary/aromatic N) is 3. The first-order valence-electron chi connectivity index (χ1n) is 7.32. The fraction of sp³-hybridized carbons (Fsp3) is 0.294.